The Balaban J connectivity index is 1.79. The zero-order valence-electron chi connectivity index (χ0n) is 11.5. The van der Waals surface area contributed by atoms with E-state index in [1.54, 1.807) is 18.7 Å². The first kappa shape index (κ1) is 15.6. The van der Waals surface area contributed by atoms with Crippen LogP contribution in [-0.2, 0) is 9.59 Å². The highest BCUT2D eigenvalue weighted by Gasteiger charge is 2.57. The van der Waals surface area contributed by atoms with Gasteiger partial charge in [0.25, 0.3) is 0 Å². The number of carbonyl (C=O) groups is 2. The molecule has 3 rings (SSSR count). The van der Waals surface area contributed by atoms with E-state index in [0.717, 1.165) is 28.6 Å². The molecule has 5 nitrogen and oxygen atoms in total. The molecule has 116 valence electrons. The van der Waals surface area contributed by atoms with Gasteiger partial charge in [-0.1, -0.05) is 11.8 Å². The molecule has 0 bridgehead atoms. The Bertz CT molecular complexity index is 502. The summed E-state index contributed by atoms with van der Waals surface area (Å²) in [6, 6.07) is 0. The van der Waals surface area contributed by atoms with Gasteiger partial charge in [-0.25, -0.2) is 4.79 Å². The van der Waals surface area contributed by atoms with Crippen LogP contribution >= 0.6 is 35.3 Å². The maximum absolute atomic E-state index is 12.1. The average Bonchev–Trinajstić information content (AvgIpc) is 2.74. The smallest absolute Gasteiger partial charge is 0.354 e. The number of aliphatic hydroxyl groups excluding tert-OH is 1. The maximum Gasteiger partial charge on any atom is 0.354 e. The molecule has 0 aromatic rings. The van der Waals surface area contributed by atoms with Crippen molar-refractivity contribution in [3.05, 3.63) is 9.93 Å². The minimum Gasteiger partial charge on any atom is -0.477 e. The number of aliphatic hydroxyl groups is 1. The van der Waals surface area contributed by atoms with E-state index in [2.05, 4.69) is 0 Å². The van der Waals surface area contributed by atoms with Crippen LogP contribution in [-0.4, -0.2) is 55.2 Å². The second-order valence-electron chi connectivity index (χ2n) is 5.35. The van der Waals surface area contributed by atoms with Crippen LogP contribution in [0.4, 0.5) is 0 Å². The number of aliphatic carboxylic acids is 1. The third-order valence-electron chi connectivity index (χ3n) is 3.91. The Labute approximate surface area is 135 Å². The normalized spacial score (nSPS) is 31.1. The van der Waals surface area contributed by atoms with Crippen LogP contribution in [0.15, 0.2) is 9.93 Å². The molecular formula is C13H17NO4S3. The quantitative estimate of drug-likeness (QED) is 0.751. The zero-order valence-corrected chi connectivity index (χ0v) is 14.0. The highest BCUT2D eigenvalue weighted by molar-refractivity contribution is 8.23. The Morgan fingerprint density at radius 3 is 2.67 bits per heavy atom. The lowest BCUT2D eigenvalue weighted by atomic mass is 9.92. The van der Waals surface area contributed by atoms with E-state index in [-0.39, 0.29) is 17.0 Å². The molecule has 2 fully saturated rings. The van der Waals surface area contributed by atoms with Crippen molar-refractivity contribution in [2.24, 2.45) is 5.92 Å². The maximum atomic E-state index is 12.1. The lowest BCUT2D eigenvalue weighted by molar-refractivity contribution is -0.156. The van der Waals surface area contributed by atoms with Gasteiger partial charge in [-0.05, 0) is 31.3 Å². The Hall–Kier alpha value is -0.310. The van der Waals surface area contributed by atoms with Gasteiger partial charge in [0.05, 0.1) is 16.3 Å². The first-order valence-corrected chi connectivity index (χ1v) is 9.82. The molecule has 3 heterocycles. The molecule has 0 aromatic carbocycles. The minimum atomic E-state index is -1.05. The van der Waals surface area contributed by atoms with Crippen LogP contribution in [0.2, 0.25) is 0 Å². The molecule has 0 spiro atoms. The van der Waals surface area contributed by atoms with Crippen LogP contribution in [0.3, 0.4) is 0 Å². The summed E-state index contributed by atoms with van der Waals surface area (Å²) >= 11 is 4.96. The van der Waals surface area contributed by atoms with E-state index in [1.165, 1.54) is 16.7 Å². The van der Waals surface area contributed by atoms with Crippen LogP contribution < -0.4 is 0 Å². The Morgan fingerprint density at radius 1 is 1.43 bits per heavy atom. The molecule has 3 aliphatic heterocycles. The fourth-order valence-corrected chi connectivity index (χ4v) is 7.50. The van der Waals surface area contributed by atoms with E-state index in [0.29, 0.717) is 5.25 Å². The van der Waals surface area contributed by atoms with Gasteiger partial charge in [0.1, 0.15) is 5.37 Å². The van der Waals surface area contributed by atoms with Crippen molar-refractivity contribution in [1.82, 2.24) is 4.90 Å². The summed E-state index contributed by atoms with van der Waals surface area (Å²) < 4.78 is 0.737. The summed E-state index contributed by atoms with van der Waals surface area (Å²) in [5.74, 6) is 0.426. The van der Waals surface area contributed by atoms with Crippen LogP contribution in [0.25, 0.3) is 0 Å². The molecule has 3 atom stereocenters. The number of nitrogens with zero attached hydrogens (tertiary/aromatic N) is 1. The molecular weight excluding hydrogens is 330 g/mol. The van der Waals surface area contributed by atoms with E-state index in [9.17, 15) is 19.8 Å². The Morgan fingerprint density at radius 2 is 2.10 bits per heavy atom. The largest absolute Gasteiger partial charge is 0.477 e. The van der Waals surface area contributed by atoms with E-state index >= 15 is 0 Å². The van der Waals surface area contributed by atoms with Gasteiger partial charge < -0.3 is 10.2 Å². The van der Waals surface area contributed by atoms with Gasteiger partial charge in [0.15, 0.2) is 5.70 Å². The SMILES string of the molecule is CC(O)[C@H]1C(=O)N2C(C(=O)O)=C(SC3CCSCC3)S[C@H]12. The van der Waals surface area contributed by atoms with Gasteiger partial charge in [-0.3, -0.25) is 9.69 Å². The van der Waals surface area contributed by atoms with Crippen LogP contribution in [0, 0.1) is 5.92 Å². The summed E-state index contributed by atoms with van der Waals surface area (Å²) in [6.45, 7) is 1.59. The van der Waals surface area contributed by atoms with Crippen molar-refractivity contribution in [3.63, 3.8) is 0 Å². The molecule has 2 saturated heterocycles. The number of carboxylic acid groups (broad SMARTS) is 1. The van der Waals surface area contributed by atoms with Gasteiger partial charge in [-0.15, -0.1) is 11.8 Å². The zero-order chi connectivity index (χ0) is 15.1. The van der Waals surface area contributed by atoms with Crippen LogP contribution in [0.1, 0.15) is 19.8 Å². The summed E-state index contributed by atoms with van der Waals surface area (Å²) in [5.41, 5.74) is 0.120. The van der Waals surface area contributed by atoms with Crippen molar-refractivity contribution in [2.75, 3.05) is 11.5 Å². The average molecular weight is 347 g/mol. The topological polar surface area (TPSA) is 77.8 Å². The number of hydrogen-bond acceptors (Lipinski definition) is 6. The second-order valence-corrected chi connectivity index (χ2v) is 9.27. The number of hydrogen-bond donors (Lipinski definition) is 2. The van der Waals surface area contributed by atoms with Crippen molar-refractivity contribution < 1.29 is 19.8 Å². The predicted molar refractivity (Wildman–Crippen MR) is 86.0 cm³/mol. The standard InChI is InChI=1S/C13H17NO4S3/c1-6(15)8-10(16)14-9(12(17)18)13(21-11(8)14)20-7-2-4-19-5-3-7/h6-8,11,15H,2-5H2,1H3,(H,17,18)/t6?,8-,11+/m0/s1. The lowest BCUT2D eigenvalue weighted by Crippen LogP contribution is -2.60. The molecule has 0 aliphatic carbocycles. The molecule has 1 amide bonds. The predicted octanol–water partition coefficient (Wildman–Crippen LogP) is 1.78. The first-order valence-electron chi connectivity index (χ1n) is 6.90. The first-order chi connectivity index (χ1) is 10.0. The lowest BCUT2D eigenvalue weighted by Gasteiger charge is -2.43. The van der Waals surface area contributed by atoms with Gasteiger partial charge in [-0.2, -0.15) is 11.8 Å². The van der Waals surface area contributed by atoms with Crippen molar-refractivity contribution in [1.29, 1.82) is 0 Å². The minimum absolute atomic E-state index is 0.120. The van der Waals surface area contributed by atoms with Gasteiger partial charge in [0, 0.05) is 5.25 Å². The van der Waals surface area contributed by atoms with E-state index in [4.69, 9.17) is 0 Å². The van der Waals surface area contributed by atoms with Crippen LogP contribution in [0.5, 0.6) is 0 Å². The third-order valence-corrected chi connectivity index (χ3v) is 7.90. The number of amides is 1. The molecule has 0 aromatic heterocycles. The molecule has 0 radical (unpaired) electrons. The monoisotopic (exact) mass is 347 g/mol. The van der Waals surface area contributed by atoms with Gasteiger partial charge >= 0.3 is 5.97 Å². The van der Waals surface area contributed by atoms with Gasteiger partial charge in [0.2, 0.25) is 5.91 Å². The summed E-state index contributed by atoms with van der Waals surface area (Å²) in [6.07, 6.45) is 1.41. The summed E-state index contributed by atoms with van der Waals surface area (Å²) in [5, 5.41) is 19.3. The number of thioether (sulfide) groups is 3. The fourth-order valence-electron chi connectivity index (χ4n) is 2.78. The number of β-lactam (4-membered cyclic amide) rings is 1. The molecule has 3 aliphatic rings. The molecule has 2 N–H and O–H groups in total. The third kappa shape index (κ3) is 2.71. The number of carboxylic acids is 1. The van der Waals surface area contributed by atoms with Crippen molar-refractivity contribution in [3.8, 4) is 0 Å². The van der Waals surface area contributed by atoms with Crippen molar-refractivity contribution >= 4 is 47.2 Å². The molecule has 0 saturated carbocycles. The number of fused-ring (bicyclic) bond motifs is 1. The number of carbonyl (C=O) groups excluding carboxylic acids is 1. The molecule has 1 unspecified atom stereocenters. The molecule has 21 heavy (non-hydrogen) atoms. The fraction of sp³-hybridized carbons (Fsp3) is 0.692. The summed E-state index contributed by atoms with van der Waals surface area (Å²) in [7, 11) is 0. The second kappa shape index (κ2) is 6.06. The molecule has 8 heteroatoms. The number of rotatable bonds is 4. The summed E-state index contributed by atoms with van der Waals surface area (Å²) in [4.78, 5) is 25.0. The van der Waals surface area contributed by atoms with Crippen molar-refractivity contribution in [2.45, 2.75) is 36.5 Å². The van der Waals surface area contributed by atoms with E-state index in [1.807, 2.05) is 11.8 Å². The van der Waals surface area contributed by atoms with E-state index < -0.39 is 18.0 Å². The highest BCUT2D eigenvalue weighted by atomic mass is 32.2. The Kier molecular flexibility index (Phi) is 4.50. The highest BCUT2D eigenvalue weighted by Crippen LogP contribution is 2.55.